The van der Waals surface area contributed by atoms with Gasteiger partial charge in [0.05, 0.1) is 100 Å². The van der Waals surface area contributed by atoms with E-state index in [1.165, 1.54) is 38.5 Å². The fraction of sp³-hybridized carbons (Fsp3) is 0.554. The number of amides is 4. The van der Waals surface area contributed by atoms with Crippen molar-refractivity contribution in [3.8, 4) is 11.5 Å². The van der Waals surface area contributed by atoms with Crippen LogP contribution >= 0.6 is 0 Å². The molecule has 3 heterocycles. The molecular formula is C65H89N5O21S2. The zero-order valence-corrected chi connectivity index (χ0v) is 55.0. The minimum atomic E-state index is -4.14. The number of aliphatic hydroxyl groups is 2. The molecular weight excluding hydrogens is 1250 g/mol. The molecule has 1 unspecified atom stereocenters. The van der Waals surface area contributed by atoms with Crippen LogP contribution in [-0.4, -0.2) is 179 Å². The smallest absolute Gasteiger partial charge is 0.497 e. The summed E-state index contributed by atoms with van der Waals surface area (Å²) in [4.78, 5) is 75.4. The number of nitrogens with one attached hydrogen (secondary N) is 2. The van der Waals surface area contributed by atoms with E-state index in [1.807, 2.05) is 60.7 Å². The van der Waals surface area contributed by atoms with Crippen LogP contribution in [0.5, 0.6) is 11.5 Å². The summed E-state index contributed by atoms with van der Waals surface area (Å²) in [5.74, 6) is -0.00510. The van der Waals surface area contributed by atoms with E-state index in [4.69, 9.17) is 42.8 Å². The van der Waals surface area contributed by atoms with E-state index in [9.17, 15) is 51.0 Å². The van der Waals surface area contributed by atoms with Crippen molar-refractivity contribution in [1.82, 2.24) is 24.6 Å². The maximum Gasteiger partial charge on any atom is 0.534 e. The van der Waals surface area contributed by atoms with E-state index in [0.29, 0.717) is 55.8 Å². The molecule has 0 spiro atoms. The molecule has 512 valence electrons. The highest BCUT2D eigenvalue weighted by Crippen LogP contribution is 2.29. The van der Waals surface area contributed by atoms with Crippen LogP contribution < -0.4 is 20.1 Å². The second kappa shape index (κ2) is 36.0. The monoisotopic (exact) mass is 1340 g/mol. The Morgan fingerprint density at radius 1 is 0.559 bits per heavy atom. The third-order valence-electron chi connectivity index (χ3n) is 15.6. The first-order valence-electron chi connectivity index (χ1n) is 31.5. The standard InChI is InChI=1S/C28H38N2O8S.C28H40N2O7S.C9H11NO6/c1-35-22-12-14-25(15-13-22)39(33,34)30(38-23-10-6-3-7-11-23)19-27(31)26(18-21-8-4-2-5-9-21)29-28(32)37-24-16-17-36-20-24;1-28(2,3)36-27(32)29-25(19-21-11-7-5-8-12-21)26(31)20-30(37-23-13-9-6-10-14-23)38(33,34)24-17-15-22(35-4)16-18-24;11-7-1-2-8(12)10(7)16-9(13)15-6-3-4-14-5-6/h2,4-5,8-9,12-15,23-24,26-27,31H,3,6-7,10-11,16-20H2,1H3,(H,29,32);5,7-8,11-12,15-18,23,25-26,31H,6,9-10,13-14,19-20H2,1-4H3,(H,29,32);6H,1-5H2/t24-,26-,27+;25-,26+;/m00./s1. The van der Waals surface area contributed by atoms with Crippen LogP contribution in [0.15, 0.2) is 119 Å². The lowest BCUT2D eigenvalue weighted by Crippen LogP contribution is -2.52. The van der Waals surface area contributed by atoms with Crippen LogP contribution in [0, 0.1) is 0 Å². The van der Waals surface area contributed by atoms with Crippen molar-refractivity contribution in [3.63, 3.8) is 0 Å². The van der Waals surface area contributed by atoms with Gasteiger partial charge in [0.25, 0.3) is 31.9 Å². The first kappa shape index (κ1) is 73.4. The number of imide groups is 1. The number of methoxy groups -OCH3 is 2. The summed E-state index contributed by atoms with van der Waals surface area (Å²) < 4.78 is 92.8. The minimum absolute atomic E-state index is 0.0134. The topological polar surface area (TPSA) is 320 Å². The van der Waals surface area contributed by atoms with Crippen molar-refractivity contribution >= 4 is 50.2 Å². The van der Waals surface area contributed by atoms with E-state index >= 15 is 0 Å². The summed E-state index contributed by atoms with van der Waals surface area (Å²) >= 11 is 0. The second-order valence-electron chi connectivity index (χ2n) is 24.0. The number of sulfonamides is 2. The summed E-state index contributed by atoms with van der Waals surface area (Å²) in [7, 11) is -5.27. The number of hydroxylamine groups is 4. The van der Waals surface area contributed by atoms with E-state index < -0.39 is 80.1 Å². The molecule has 0 aromatic heterocycles. The zero-order valence-electron chi connectivity index (χ0n) is 53.4. The molecule has 28 heteroatoms. The Hall–Kier alpha value is -6.99. The third kappa shape index (κ3) is 23.8. The van der Waals surface area contributed by atoms with E-state index in [0.717, 1.165) is 84.3 Å². The van der Waals surface area contributed by atoms with Crippen molar-refractivity contribution in [2.45, 2.75) is 188 Å². The molecule has 2 aliphatic carbocycles. The van der Waals surface area contributed by atoms with Gasteiger partial charge >= 0.3 is 18.3 Å². The van der Waals surface area contributed by atoms with Gasteiger partial charge in [0, 0.05) is 25.7 Å². The van der Waals surface area contributed by atoms with Crippen LogP contribution in [0.3, 0.4) is 0 Å². The van der Waals surface area contributed by atoms with Gasteiger partial charge in [0.2, 0.25) is 0 Å². The lowest BCUT2D eigenvalue weighted by Gasteiger charge is -2.33. The van der Waals surface area contributed by atoms with Gasteiger partial charge in [0.1, 0.15) is 29.3 Å². The van der Waals surface area contributed by atoms with Gasteiger partial charge in [-0.3, -0.25) is 24.1 Å². The minimum Gasteiger partial charge on any atom is -0.497 e. The Balaban J connectivity index is 0.000000214. The number of hydrogen-bond acceptors (Lipinski definition) is 21. The Morgan fingerprint density at radius 3 is 1.33 bits per heavy atom. The molecule has 3 saturated heterocycles. The van der Waals surface area contributed by atoms with Crippen LogP contribution in [0.2, 0.25) is 0 Å². The van der Waals surface area contributed by atoms with Crippen molar-refractivity contribution in [3.05, 3.63) is 120 Å². The van der Waals surface area contributed by atoms with Gasteiger partial charge < -0.3 is 54.0 Å². The first-order valence-corrected chi connectivity index (χ1v) is 34.3. The maximum atomic E-state index is 13.7. The average molecular weight is 1340 g/mol. The number of hydrogen-bond donors (Lipinski definition) is 4. The molecule has 26 nitrogen and oxygen atoms in total. The quantitative estimate of drug-likeness (QED) is 0.0212. The van der Waals surface area contributed by atoms with Gasteiger partial charge in [-0.1, -0.05) is 113 Å². The largest absolute Gasteiger partial charge is 0.534 e. The van der Waals surface area contributed by atoms with Crippen LogP contribution in [0.4, 0.5) is 14.4 Å². The average Bonchev–Trinajstić information content (AvgIpc) is 1.62. The lowest BCUT2D eigenvalue weighted by molar-refractivity contribution is -0.178. The van der Waals surface area contributed by atoms with Gasteiger partial charge in [-0.05, 0) is 119 Å². The molecule has 5 aliphatic rings. The maximum absolute atomic E-state index is 13.7. The van der Waals surface area contributed by atoms with Crippen LogP contribution in [-0.2, 0) is 80.7 Å². The highest BCUT2D eigenvalue weighted by Gasteiger charge is 2.38. The molecule has 5 fully saturated rings. The molecule has 93 heavy (non-hydrogen) atoms. The summed E-state index contributed by atoms with van der Waals surface area (Å²) in [6, 6.07) is 29.0. The first-order chi connectivity index (χ1) is 44.5. The number of nitrogens with zero attached hydrogens (tertiary/aromatic N) is 3. The van der Waals surface area contributed by atoms with Gasteiger partial charge in [0.15, 0.2) is 0 Å². The molecule has 0 bridgehead atoms. The van der Waals surface area contributed by atoms with Crippen molar-refractivity contribution in [2.24, 2.45) is 0 Å². The SMILES string of the molecule is COc1ccc(S(=O)(=O)N(C[C@@H](O)[C@H](Cc2ccccc2)NC(=O)OC(C)(C)C)OC2CCCCC2)cc1.COc1ccc(S(=O)(=O)N(C[C@@H](O)[C@H](Cc2ccccc2)NC(=O)O[C@H]2CCOC2)OC2CCCCC2)cc1.O=C(OC1CCOC1)ON1C(=O)CCC1=O. The molecule has 4 aromatic carbocycles. The molecule has 3 aliphatic heterocycles. The predicted octanol–water partition coefficient (Wildman–Crippen LogP) is 7.88. The Morgan fingerprint density at radius 2 is 0.957 bits per heavy atom. The number of carbonyl (C=O) groups is 5. The number of alkyl carbamates (subject to hydrolysis) is 2. The molecule has 6 atom stereocenters. The number of carbonyl (C=O) groups excluding carboxylic acids is 5. The van der Waals surface area contributed by atoms with Crippen molar-refractivity contribution in [1.29, 1.82) is 0 Å². The number of benzene rings is 4. The van der Waals surface area contributed by atoms with E-state index in [2.05, 4.69) is 15.5 Å². The predicted molar refractivity (Wildman–Crippen MR) is 336 cm³/mol. The van der Waals surface area contributed by atoms with E-state index in [-0.39, 0.29) is 73.0 Å². The highest BCUT2D eigenvalue weighted by atomic mass is 32.2. The Labute approximate surface area is 544 Å². The summed E-state index contributed by atoms with van der Waals surface area (Å²) in [5.41, 5.74) is 0.995. The second-order valence-corrected chi connectivity index (χ2v) is 27.7. The van der Waals surface area contributed by atoms with Crippen LogP contribution in [0.25, 0.3) is 0 Å². The number of aliphatic hydroxyl groups excluding tert-OH is 2. The highest BCUT2D eigenvalue weighted by molar-refractivity contribution is 7.89. The summed E-state index contributed by atoms with van der Waals surface area (Å²) in [6.45, 7) is 6.17. The third-order valence-corrected chi connectivity index (χ3v) is 18.9. The van der Waals surface area contributed by atoms with Gasteiger partial charge in [-0.2, -0.15) is 0 Å². The zero-order chi connectivity index (χ0) is 67.0. The van der Waals surface area contributed by atoms with Gasteiger partial charge in [-0.25, -0.2) is 31.2 Å². The Kier molecular flexibility index (Phi) is 28.5. The number of rotatable bonds is 25. The van der Waals surface area contributed by atoms with E-state index in [1.54, 1.807) is 45.0 Å². The fourth-order valence-electron chi connectivity index (χ4n) is 10.6. The lowest BCUT2D eigenvalue weighted by atomic mass is 9.98. The molecule has 4 amide bonds. The van der Waals surface area contributed by atoms with Gasteiger partial charge in [-0.15, -0.1) is 0 Å². The fourth-order valence-corrected chi connectivity index (χ4v) is 13.2. The molecule has 9 rings (SSSR count). The molecule has 4 aromatic rings. The Bertz CT molecular complexity index is 3180. The van der Waals surface area contributed by atoms with Crippen molar-refractivity contribution < 1.29 is 98.7 Å². The normalized spacial score (nSPS) is 19.4. The summed E-state index contributed by atoms with van der Waals surface area (Å²) in [5, 5.41) is 28.6. The molecule has 2 saturated carbocycles. The molecule has 0 radical (unpaired) electrons. The van der Waals surface area contributed by atoms with Crippen LogP contribution in [0.1, 0.15) is 122 Å². The molecule has 4 N–H and O–H groups in total. The number of ether oxygens (including phenoxy) is 7. The van der Waals surface area contributed by atoms with Crippen molar-refractivity contribution in [2.75, 3.05) is 53.7 Å². The summed E-state index contributed by atoms with van der Waals surface area (Å²) in [6.07, 6.45) is 4.39.